The maximum atomic E-state index is 5.60. The molecule has 0 aromatic carbocycles. The van der Waals surface area contributed by atoms with Crippen LogP contribution in [0.1, 0.15) is 27.2 Å². The van der Waals surface area contributed by atoms with Gasteiger partial charge in [0, 0.05) is 13.1 Å². The van der Waals surface area contributed by atoms with Crippen LogP contribution < -0.4 is 5.32 Å². The molecule has 1 aliphatic rings. The van der Waals surface area contributed by atoms with Gasteiger partial charge in [0.15, 0.2) is 0 Å². The quantitative estimate of drug-likeness (QED) is 0.647. The highest BCUT2D eigenvalue weighted by Gasteiger charge is 2.16. The van der Waals surface area contributed by atoms with Crippen molar-refractivity contribution >= 4 is 0 Å². The first-order valence-corrected chi connectivity index (χ1v) is 4.65. The molecule has 1 saturated heterocycles. The average molecular weight is 169 g/mol. The summed E-state index contributed by atoms with van der Waals surface area (Å²) in [6, 6.07) is 0. The summed E-state index contributed by atoms with van der Waals surface area (Å²) < 4.78 is 5.60. The van der Waals surface area contributed by atoms with E-state index in [1.165, 1.54) is 11.1 Å². The summed E-state index contributed by atoms with van der Waals surface area (Å²) in [4.78, 5) is 0. The van der Waals surface area contributed by atoms with Gasteiger partial charge in [0.1, 0.15) is 0 Å². The highest BCUT2D eigenvalue weighted by molar-refractivity contribution is 5.06. The molecule has 0 bridgehead atoms. The molecule has 1 N–H and O–H groups in total. The SMILES string of the molecule is CC(C)=C(C)CCOC1CNC1. The molecular formula is C10H19NO. The average Bonchev–Trinajstić information content (AvgIpc) is 1.93. The molecule has 70 valence electrons. The molecule has 0 aromatic heterocycles. The molecule has 1 heterocycles. The van der Waals surface area contributed by atoms with Crippen LogP contribution in [0.15, 0.2) is 11.1 Å². The molecule has 0 aromatic rings. The zero-order valence-electron chi connectivity index (χ0n) is 8.31. The lowest BCUT2D eigenvalue weighted by Crippen LogP contribution is -2.48. The molecular weight excluding hydrogens is 150 g/mol. The van der Waals surface area contributed by atoms with Gasteiger partial charge in [-0.3, -0.25) is 0 Å². The number of nitrogens with one attached hydrogen (secondary N) is 1. The maximum absolute atomic E-state index is 5.60. The van der Waals surface area contributed by atoms with Crippen LogP contribution in [-0.4, -0.2) is 25.8 Å². The van der Waals surface area contributed by atoms with Crippen LogP contribution in [-0.2, 0) is 4.74 Å². The summed E-state index contributed by atoms with van der Waals surface area (Å²) in [6.07, 6.45) is 1.56. The van der Waals surface area contributed by atoms with Crippen LogP contribution in [0.5, 0.6) is 0 Å². The van der Waals surface area contributed by atoms with Gasteiger partial charge < -0.3 is 10.1 Å². The predicted octanol–water partition coefficient (Wildman–Crippen LogP) is 1.72. The van der Waals surface area contributed by atoms with Gasteiger partial charge >= 0.3 is 0 Å². The van der Waals surface area contributed by atoms with Crippen molar-refractivity contribution in [2.24, 2.45) is 0 Å². The van der Waals surface area contributed by atoms with Crippen molar-refractivity contribution in [1.82, 2.24) is 5.32 Å². The number of ether oxygens (including phenoxy) is 1. The van der Waals surface area contributed by atoms with Crippen LogP contribution >= 0.6 is 0 Å². The van der Waals surface area contributed by atoms with Crippen LogP contribution in [0.25, 0.3) is 0 Å². The van der Waals surface area contributed by atoms with E-state index in [0.29, 0.717) is 6.10 Å². The molecule has 0 unspecified atom stereocenters. The standard InChI is InChI=1S/C10H19NO/c1-8(2)9(3)4-5-12-10-6-11-7-10/h10-11H,4-7H2,1-3H3. The summed E-state index contributed by atoms with van der Waals surface area (Å²) >= 11 is 0. The van der Waals surface area contributed by atoms with Gasteiger partial charge in [-0.15, -0.1) is 0 Å². The maximum Gasteiger partial charge on any atom is 0.0823 e. The minimum absolute atomic E-state index is 0.481. The van der Waals surface area contributed by atoms with Gasteiger partial charge in [-0.25, -0.2) is 0 Å². The summed E-state index contributed by atoms with van der Waals surface area (Å²) in [5, 5.41) is 3.19. The fourth-order valence-electron chi connectivity index (χ4n) is 1.01. The minimum Gasteiger partial charge on any atom is -0.375 e. The Morgan fingerprint density at radius 1 is 1.33 bits per heavy atom. The third kappa shape index (κ3) is 2.95. The molecule has 0 saturated carbocycles. The molecule has 1 rings (SSSR count). The number of hydrogen-bond acceptors (Lipinski definition) is 2. The van der Waals surface area contributed by atoms with Crippen molar-refractivity contribution in [2.75, 3.05) is 19.7 Å². The third-order valence-electron chi connectivity index (χ3n) is 2.43. The van der Waals surface area contributed by atoms with Crippen LogP contribution in [0, 0.1) is 0 Å². The van der Waals surface area contributed by atoms with Gasteiger partial charge in [0.2, 0.25) is 0 Å². The summed E-state index contributed by atoms with van der Waals surface area (Å²) in [6.45, 7) is 9.43. The van der Waals surface area contributed by atoms with E-state index >= 15 is 0 Å². The largest absolute Gasteiger partial charge is 0.375 e. The second kappa shape index (κ2) is 4.63. The first kappa shape index (κ1) is 9.75. The first-order valence-electron chi connectivity index (χ1n) is 4.65. The smallest absolute Gasteiger partial charge is 0.0823 e. The fraction of sp³-hybridized carbons (Fsp3) is 0.800. The molecule has 0 aliphatic carbocycles. The van der Waals surface area contributed by atoms with Crippen molar-refractivity contribution in [1.29, 1.82) is 0 Å². The normalized spacial score (nSPS) is 17.2. The van der Waals surface area contributed by atoms with Crippen molar-refractivity contribution in [3.8, 4) is 0 Å². The second-order valence-corrected chi connectivity index (χ2v) is 3.68. The molecule has 0 radical (unpaired) electrons. The lowest BCUT2D eigenvalue weighted by atomic mass is 10.1. The monoisotopic (exact) mass is 169 g/mol. The summed E-state index contributed by atoms with van der Waals surface area (Å²) in [5.74, 6) is 0. The lowest BCUT2D eigenvalue weighted by molar-refractivity contribution is 0.0207. The van der Waals surface area contributed by atoms with Crippen LogP contribution in [0.3, 0.4) is 0 Å². The Balaban J connectivity index is 2.05. The van der Waals surface area contributed by atoms with Crippen molar-refractivity contribution in [3.05, 3.63) is 11.1 Å². The van der Waals surface area contributed by atoms with E-state index in [4.69, 9.17) is 4.74 Å². The Morgan fingerprint density at radius 3 is 2.42 bits per heavy atom. The van der Waals surface area contributed by atoms with Crippen molar-refractivity contribution in [3.63, 3.8) is 0 Å². The Kier molecular flexibility index (Phi) is 3.76. The number of rotatable bonds is 4. The van der Waals surface area contributed by atoms with Gasteiger partial charge in [-0.05, 0) is 27.2 Å². The van der Waals surface area contributed by atoms with Gasteiger partial charge in [0.25, 0.3) is 0 Å². The number of hydrogen-bond donors (Lipinski definition) is 1. The van der Waals surface area contributed by atoms with Crippen LogP contribution in [0.4, 0.5) is 0 Å². The molecule has 0 amide bonds. The van der Waals surface area contributed by atoms with E-state index in [2.05, 4.69) is 26.1 Å². The molecule has 12 heavy (non-hydrogen) atoms. The Morgan fingerprint density at radius 2 is 2.00 bits per heavy atom. The lowest BCUT2D eigenvalue weighted by Gasteiger charge is -2.27. The van der Waals surface area contributed by atoms with Gasteiger partial charge in [-0.1, -0.05) is 11.1 Å². The predicted molar refractivity (Wildman–Crippen MR) is 51.3 cm³/mol. The highest BCUT2D eigenvalue weighted by atomic mass is 16.5. The molecule has 0 atom stereocenters. The summed E-state index contributed by atoms with van der Waals surface area (Å²) in [5.41, 5.74) is 2.88. The van der Waals surface area contributed by atoms with E-state index in [9.17, 15) is 0 Å². The Bertz CT molecular complexity index is 167. The first-order chi connectivity index (χ1) is 5.70. The zero-order chi connectivity index (χ0) is 8.97. The molecule has 2 nitrogen and oxygen atoms in total. The van der Waals surface area contributed by atoms with Crippen LogP contribution in [0.2, 0.25) is 0 Å². The topological polar surface area (TPSA) is 21.3 Å². The third-order valence-corrected chi connectivity index (χ3v) is 2.43. The van der Waals surface area contributed by atoms with Gasteiger partial charge in [0.05, 0.1) is 12.7 Å². The highest BCUT2D eigenvalue weighted by Crippen LogP contribution is 2.08. The minimum atomic E-state index is 0.481. The fourth-order valence-corrected chi connectivity index (χ4v) is 1.01. The molecule has 1 fully saturated rings. The van der Waals surface area contributed by atoms with E-state index in [0.717, 1.165) is 26.1 Å². The molecule has 0 spiro atoms. The zero-order valence-corrected chi connectivity index (χ0v) is 8.31. The van der Waals surface area contributed by atoms with E-state index in [1.807, 2.05) is 0 Å². The van der Waals surface area contributed by atoms with Crippen molar-refractivity contribution < 1.29 is 4.74 Å². The Labute approximate surface area is 75.0 Å². The van der Waals surface area contributed by atoms with E-state index < -0.39 is 0 Å². The summed E-state index contributed by atoms with van der Waals surface area (Å²) in [7, 11) is 0. The van der Waals surface area contributed by atoms with E-state index in [-0.39, 0.29) is 0 Å². The van der Waals surface area contributed by atoms with Gasteiger partial charge in [-0.2, -0.15) is 0 Å². The van der Waals surface area contributed by atoms with Crippen molar-refractivity contribution in [2.45, 2.75) is 33.3 Å². The molecule has 1 aliphatic heterocycles. The number of allylic oxidation sites excluding steroid dienone is 1. The second-order valence-electron chi connectivity index (χ2n) is 3.68. The van der Waals surface area contributed by atoms with E-state index in [1.54, 1.807) is 0 Å². The Hall–Kier alpha value is -0.340. The molecule has 2 heteroatoms.